The third kappa shape index (κ3) is 6.50. The monoisotopic (exact) mass is 485 g/mol. The summed E-state index contributed by atoms with van der Waals surface area (Å²) in [6.07, 6.45) is 0.174. The van der Waals surface area contributed by atoms with Crippen molar-refractivity contribution in [2.75, 3.05) is 16.4 Å². The van der Waals surface area contributed by atoms with E-state index in [1.165, 1.54) is 11.8 Å². The van der Waals surface area contributed by atoms with Gasteiger partial charge in [0.1, 0.15) is 5.78 Å². The van der Waals surface area contributed by atoms with Crippen molar-refractivity contribution in [3.8, 4) is 0 Å². The van der Waals surface area contributed by atoms with Gasteiger partial charge >= 0.3 is 0 Å². The van der Waals surface area contributed by atoms with Crippen molar-refractivity contribution in [2.45, 2.75) is 18.2 Å². The average Bonchev–Trinajstić information content (AvgIpc) is 2.83. The molecule has 34 heavy (non-hydrogen) atoms. The first-order chi connectivity index (χ1) is 16.5. The van der Waals surface area contributed by atoms with Gasteiger partial charge in [-0.1, -0.05) is 42.5 Å². The lowest BCUT2D eigenvalue weighted by Gasteiger charge is -2.09. The number of ketones is 1. The van der Waals surface area contributed by atoms with Gasteiger partial charge in [-0.25, -0.2) is 0 Å². The van der Waals surface area contributed by atoms with E-state index >= 15 is 0 Å². The van der Waals surface area contributed by atoms with Crippen LogP contribution in [0, 0.1) is 6.92 Å². The predicted molar refractivity (Wildman–Crippen MR) is 144 cm³/mol. The second kappa shape index (κ2) is 11.0. The highest BCUT2D eigenvalue weighted by molar-refractivity contribution is 8.00. The van der Waals surface area contributed by atoms with E-state index in [9.17, 15) is 9.59 Å². The van der Waals surface area contributed by atoms with E-state index in [0.29, 0.717) is 16.2 Å². The molecule has 0 bridgehead atoms. The number of rotatable bonds is 8. The lowest BCUT2D eigenvalue weighted by Crippen LogP contribution is -2.15. The number of hydrogen-bond acceptors (Lipinski definition) is 5. The summed E-state index contributed by atoms with van der Waals surface area (Å²) in [5, 5.41) is 6.98. The summed E-state index contributed by atoms with van der Waals surface area (Å²) in [5.41, 5.74) is 3.94. The van der Waals surface area contributed by atoms with Crippen LogP contribution >= 0.6 is 24.0 Å². The molecule has 170 valence electrons. The molecule has 0 fully saturated rings. The highest BCUT2D eigenvalue weighted by atomic mass is 32.2. The molecule has 0 saturated carbocycles. The fourth-order valence-electron chi connectivity index (χ4n) is 3.36. The van der Waals surface area contributed by atoms with Crippen molar-refractivity contribution in [2.24, 2.45) is 0 Å². The summed E-state index contributed by atoms with van der Waals surface area (Å²) in [7, 11) is 0. The van der Waals surface area contributed by atoms with E-state index in [1.54, 1.807) is 12.1 Å². The van der Waals surface area contributed by atoms with Gasteiger partial charge in [-0.05, 0) is 61.5 Å². The van der Waals surface area contributed by atoms with Gasteiger partial charge < -0.3 is 10.6 Å². The van der Waals surface area contributed by atoms with E-state index in [-0.39, 0.29) is 23.9 Å². The van der Waals surface area contributed by atoms with Crippen LogP contribution in [0.4, 0.5) is 11.4 Å². The van der Waals surface area contributed by atoms with Crippen LogP contribution in [0.15, 0.2) is 89.8 Å². The zero-order valence-electron chi connectivity index (χ0n) is 18.6. The van der Waals surface area contributed by atoms with Crippen molar-refractivity contribution in [1.82, 2.24) is 4.98 Å². The molecule has 4 rings (SSSR count). The highest BCUT2D eigenvalue weighted by Crippen LogP contribution is 2.22. The number of anilines is 2. The van der Waals surface area contributed by atoms with Crippen molar-refractivity contribution >= 4 is 62.9 Å². The molecule has 0 aliphatic heterocycles. The number of benzene rings is 3. The van der Waals surface area contributed by atoms with E-state index in [1.807, 2.05) is 79.7 Å². The van der Waals surface area contributed by atoms with Crippen LogP contribution in [0.2, 0.25) is 0 Å². The number of fused-ring (bicyclic) bond motifs is 1. The molecule has 0 saturated heterocycles. The second-order valence-electron chi connectivity index (χ2n) is 7.76. The molecule has 5 nitrogen and oxygen atoms in total. The Balaban J connectivity index is 1.32. The van der Waals surface area contributed by atoms with Gasteiger partial charge in [0, 0.05) is 32.9 Å². The number of carbonyl (C=O) groups excluding carboxylic acids is 2. The van der Waals surface area contributed by atoms with E-state index in [4.69, 9.17) is 12.2 Å². The van der Waals surface area contributed by atoms with Crippen LogP contribution in [-0.4, -0.2) is 27.4 Å². The molecule has 0 aliphatic carbocycles. The molecule has 0 unspecified atom stereocenters. The molecule has 3 aromatic carbocycles. The number of Topliss-reactive ketones (excluding diaryl/α,β-unsaturated/α-hetero) is 1. The van der Waals surface area contributed by atoms with Gasteiger partial charge in [-0.2, -0.15) is 0 Å². The Labute approximate surface area is 208 Å². The van der Waals surface area contributed by atoms with Crippen molar-refractivity contribution in [3.63, 3.8) is 0 Å². The number of carbonyl (C=O) groups is 2. The van der Waals surface area contributed by atoms with Crippen LogP contribution in [0.3, 0.4) is 0 Å². The number of thiocarbonyl (C=S) groups is 1. The minimum atomic E-state index is -0.207. The molecule has 1 amide bonds. The maximum atomic E-state index is 12.8. The third-order valence-electron chi connectivity index (χ3n) is 5.00. The van der Waals surface area contributed by atoms with Gasteiger partial charge in [0.15, 0.2) is 0 Å². The summed E-state index contributed by atoms with van der Waals surface area (Å²) in [4.78, 5) is 31.0. The fourth-order valence-corrected chi connectivity index (χ4v) is 4.45. The Morgan fingerprint density at radius 3 is 2.53 bits per heavy atom. The maximum absolute atomic E-state index is 12.8. The Morgan fingerprint density at radius 1 is 0.882 bits per heavy atom. The summed E-state index contributed by atoms with van der Waals surface area (Å²) in [6.45, 7) is 1.95. The number of aromatic nitrogens is 1. The number of amides is 1. The van der Waals surface area contributed by atoms with Crippen LogP contribution in [-0.2, 0) is 4.79 Å². The Kier molecular flexibility index (Phi) is 7.67. The predicted octanol–water partition coefficient (Wildman–Crippen LogP) is 6.29. The largest absolute Gasteiger partial charge is 0.350 e. The maximum Gasteiger partial charge on any atom is 0.255 e. The first kappa shape index (κ1) is 23.6. The van der Waals surface area contributed by atoms with Crippen LogP contribution in [0.1, 0.15) is 22.5 Å². The number of hydrogen-bond donors (Lipinski definition) is 2. The molecular weight excluding hydrogens is 462 g/mol. The fraction of sp³-hybridized carbons (Fsp3) is 0.111. The van der Waals surface area contributed by atoms with Gasteiger partial charge in [0.05, 0.1) is 22.7 Å². The Hall–Kier alpha value is -3.55. The van der Waals surface area contributed by atoms with Crippen LogP contribution in [0.25, 0.3) is 10.9 Å². The normalized spacial score (nSPS) is 10.6. The molecule has 0 aliphatic rings. The van der Waals surface area contributed by atoms with Gasteiger partial charge in [-0.3, -0.25) is 14.6 Å². The number of nitrogens with zero attached hydrogens (tertiary/aromatic N) is 1. The van der Waals surface area contributed by atoms with Crippen molar-refractivity contribution < 1.29 is 9.59 Å². The molecule has 4 aromatic rings. The lowest BCUT2D eigenvalue weighted by molar-refractivity contribution is -0.115. The SMILES string of the molecule is Cc1ccc2cc(NC(=O)c3cccc(SCC(=O)CC(=S)Nc4ccccc4)c3)ccc2n1. The number of pyridine rings is 1. The van der Waals surface area contributed by atoms with Crippen LogP contribution in [0.5, 0.6) is 0 Å². The van der Waals surface area contributed by atoms with E-state index in [0.717, 1.165) is 27.2 Å². The number of nitrogens with one attached hydrogen (secondary N) is 2. The summed E-state index contributed by atoms with van der Waals surface area (Å²) >= 11 is 6.69. The van der Waals surface area contributed by atoms with Gasteiger partial charge in [-0.15, -0.1) is 11.8 Å². The van der Waals surface area contributed by atoms with Gasteiger partial charge in [0.2, 0.25) is 0 Å². The van der Waals surface area contributed by atoms with Crippen molar-refractivity contribution in [1.29, 1.82) is 0 Å². The lowest BCUT2D eigenvalue weighted by atomic mass is 10.1. The third-order valence-corrected chi connectivity index (χ3v) is 6.30. The molecule has 1 heterocycles. The van der Waals surface area contributed by atoms with Crippen molar-refractivity contribution in [3.05, 3.63) is 96.2 Å². The zero-order valence-corrected chi connectivity index (χ0v) is 20.2. The number of para-hydroxylation sites is 1. The average molecular weight is 486 g/mol. The topological polar surface area (TPSA) is 71.1 Å². The molecular formula is C27H23N3O2S2. The second-order valence-corrected chi connectivity index (χ2v) is 9.30. The summed E-state index contributed by atoms with van der Waals surface area (Å²) in [6, 6.07) is 26.4. The summed E-state index contributed by atoms with van der Waals surface area (Å²) < 4.78 is 0. The Bertz CT molecular complexity index is 1360. The highest BCUT2D eigenvalue weighted by Gasteiger charge is 2.11. The smallest absolute Gasteiger partial charge is 0.255 e. The molecule has 0 spiro atoms. The molecule has 0 atom stereocenters. The first-order valence-electron chi connectivity index (χ1n) is 10.7. The molecule has 0 radical (unpaired) electrons. The number of aryl methyl sites for hydroxylation is 1. The first-order valence-corrected chi connectivity index (χ1v) is 12.1. The van der Waals surface area contributed by atoms with E-state index in [2.05, 4.69) is 15.6 Å². The number of thioether (sulfide) groups is 1. The van der Waals surface area contributed by atoms with Crippen LogP contribution < -0.4 is 10.6 Å². The molecule has 2 N–H and O–H groups in total. The summed E-state index contributed by atoms with van der Waals surface area (Å²) in [5.74, 6) is 0.0911. The molecule has 1 aromatic heterocycles. The van der Waals surface area contributed by atoms with E-state index < -0.39 is 0 Å². The van der Waals surface area contributed by atoms with Gasteiger partial charge in [0.25, 0.3) is 5.91 Å². The molecule has 7 heteroatoms. The zero-order chi connectivity index (χ0) is 23.9. The Morgan fingerprint density at radius 2 is 1.71 bits per heavy atom. The standard InChI is InChI=1S/C27H23N3O2S2/c1-18-10-11-19-14-22(12-13-25(19)28-18)30-27(32)20-6-5-9-24(15-20)34-17-23(31)16-26(33)29-21-7-3-2-4-8-21/h2-15H,16-17H2,1H3,(H,29,33)(H,30,32). The minimum absolute atomic E-state index is 0.0216. The minimum Gasteiger partial charge on any atom is -0.350 e. The quantitative estimate of drug-likeness (QED) is 0.226.